The van der Waals surface area contributed by atoms with Gasteiger partial charge in [-0.2, -0.15) is 0 Å². The van der Waals surface area contributed by atoms with Gasteiger partial charge in [-0.3, -0.25) is 4.79 Å². The maximum atomic E-state index is 10.3. The number of hydrogen-bond acceptors (Lipinski definition) is 5. The molecule has 10 heavy (non-hydrogen) atoms. The second kappa shape index (κ2) is 4.75. The normalized spacial score (nSPS) is 11.8. The minimum atomic E-state index is -1.18. The van der Waals surface area contributed by atoms with Gasteiger partial charge in [-0.1, -0.05) is 0 Å². The predicted octanol–water partition coefficient (Wildman–Crippen LogP) is -0.959. The second-order valence-corrected chi connectivity index (χ2v) is 1.52. The zero-order valence-corrected chi connectivity index (χ0v) is 5.44. The van der Waals surface area contributed by atoms with Gasteiger partial charge in [0.15, 0.2) is 0 Å². The monoisotopic (exact) mass is 148 g/mol. The van der Waals surface area contributed by atoms with Crippen molar-refractivity contribution in [1.82, 2.24) is 0 Å². The molecule has 5 heteroatoms. The Morgan fingerprint density at radius 2 is 2.40 bits per heavy atom. The lowest BCUT2D eigenvalue weighted by molar-refractivity contribution is -0.167. The molecule has 0 spiro atoms. The van der Waals surface area contributed by atoms with Crippen LogP contribution in [0.3, 0.4) is 0 Å². The highest BCUT2D eigenvalue weighted by Crippen LogP contribution is 1.85. The van der Waals surface area contributed by atoms with E-state index in [2.05, 4.69) is 9.47 Å². The SMILES string of the molecule is C[C@H](O)C(=O)OCOC=O. The van der Waals surface area contributed by atoms with E-state index in [9.17, 15) is 9.59 Å². The van der Waals surface area contributed by atoms with Crippen molar-refractivity contribution in [3.8, 4) is 0 Å². The molecule has 0 aromatic carbocycles. The van der Waals surface area contributed by atoms with Gasteiger partial charge in [-0.15, -0.1) is 0 Å². The lowest BCUT2D eigenvalue weighted by Crippen LogP contribution is -2.20. The first-order valence-corrected chi connectivity index (χ1v) is 2.58. The quantitative estimate of drug-likeness (QED) is 0.240. The average Bonchev–Trinajstić information content (AvgIpc) is 1.88. The van der Waals surface area contributed by atoms with E-state index in [4.69, 9.17) is 5.11 Å². The molecular weight excluding hydrogens is 140 g/mol. The van der Waals surface area contributed by atoms with Crippen molar-refractivity contribution >= 4 is 12.4 Å². The van der Waals surface area contributed by atoms with E-state index in [1.165, 1.54) is 6.92 Å². The summed E-state index contributed by atoms with van der Waals surface area (Å²) in [6.07, 6.45) is -1.18. The van der Waals surface area contributed by atoms with Crippen LogP contribution < -0.4 is 0 Å². The summed E-state index contributed by atoms with van der Waals surface area (Å²) in [5, 5.41) is 8.50. The summed E-state index contributed by atoms with van der Waals surface area (Å²) >= 11 is 0. The van der Waals surface area contributed by atoms with Crippen molar-refractivity contribution in [3.63, 3.8) is 0 Å². The van der Waals surface area contributed by atoms with Crippen LogP contribution in [0.2, 0.25) is 0 Å². The van der Waals surface area contributed by atoms with Crippen molar-refractivity contribution in [3.05, 3.63) is 0 Å². The van der Waals surface area contributed by atoms with Crippen LogP contribution in [0.25, 0.3) is 0 Å². The maximum Gasteiger partial charge on any atom is 0.337 e. The molecule has 0 aromatic rings. The second-order valence-electron chi connectivity index (χ2n) is 1.52. The summed E-state index contributed by atoms with van der Waals surface area (Å²) in [5.41, 5.74) is 0. The Morgan fingerprint density at radius 3 is 2.80 bits per heavy atom. The van der Waals surface area contributed by atoms with Crippen molar-refractivity contribution in [2.24, 2.45) is 0 Å². The van der Waals surface area contributed by atoms with Crippen LogP contribution in [-0.2, 0) is 19.1 Å². The summed E-state index contributed by atoms with van der Waals surface area (Å²) in [5.74, 6) is -0.818. The van der Waals surface area contributed by atoms with Gasteiger partial charge >= 0.3 is 5.97 Å². The van der Waals surface area contributed by atoms with Gasteiger partial charge in [0.25, 0.3) is 6.47 Å². The molecular formula is C5H8O5. The maximum absolute atomic E-state index is 10.3. The van der Waals surface area contributed by atoms with Crippen LogP contribution in [-0.4, -0.2) is 30.4 Å². The molecule has 0 radical (unpaired) electrons. The Kier molecular flexibility index (Phi) is 4.23. The summed E-state index contributed by atoms with van der Waals surface area (Å²) < 4.78 is 8.22. The fourth-order valence-corrected chi connectivity index (χ4v) is 0.240. The van der Waals surface area contributed by atoms with Gasteiger partial charge < -0.3 is 14.6 Å². The van der Waals surface area contributed by atoms with Crippen molar-refractivity contribution in [2.75, 3.05) is 6.79 Å². The molecule has 0 aliphatic carbocycles. The Morgan fingerprint density at radius 1 is 1.80 bits per heavy atom. The Balaban J connectivity index is 3.30. The van der Waals surface area contributed by atoms with E-state index >= 15 is 0 Å². The van der Waals surface area contributed by atoms with Gasteiger partial charge in [-0.25, -0.2) is 4.79 Å². The first kappa shape index (κ1) is 8.90. The van der Waals surface area contributed by atoms with E-state index < -0.39 is 18.9 Å². The number of esters is 1. The topological polar surface area (TPSA) is 72.8 Å². The average molecular weight is 148 g/mol. The molecule has 5 nitrogen and oxygen atoms in total. The largest absolute Gasteiger partial charge is 0.430 e. The first-order chi connectivity index (χ1) is 4.68. The third-order valence-electron chi connectivity index (χ3n) is 0.678. The minimum Gasteiger partial charge on any atom is -0.430 e. The number of rotatable bonds is 4. The van der Waals surface area contributed by atoms with Crippen LogP contribution in [0.15, 0.2) is 0 Å². The zero-order chi connectivity index (χ0) is 7.98. The highest BCUT2D eigenvalue weighted by molar-refractivity contribution is 5.73. The molecule has 0 heterocycles. The summed E-state index contributed by atoms with van der Waals surface area (Å²) in [6.45, 7) is 0.950. The molecule has 0 aliphatic heterocycles. The molecule has 0 saturated heterocycles. The molecule has 1 atom stereocenters. The number of aliphatic hydroxyl groups is 1. The third kappa shape index (κ3) is 3.85. The Bertz CT molecular complexity index is 119. The fraction of sp³-hybridized carbons (Fsp3) is 0.600. The van der Waals surface area contributed by atoms with E-state index in [0.29, 0.717) is 0 Å². The van der Waals surface area contributed by atoms with Crippen LogP contribution >= 0.6 is 0 Å². The Labute approximate surface area is 57.5 Å². The molecule has 0 unspecified atom stereocenters. The van der Waals surface area contributed by atoms with Gasteiger partial charge in [-0.05, 0) is 6.92 Å². The van der Waals surface area contributed by atoms with E-state index in [1.807, 2.05) is 0 Å². The van der Waals surface area contributed by atoms with Crippen molar-refractivity contribution < 1.29 is 24.2 Å². The van der Waals surface area contributed by atoms with Crippen LogP contribution in [0.4, 0.5) is 0 Å². The predicted molar refractivity (Wildman–Crippen MR) is 29.8 cm³/mol. The third-order valence-corrected chi connectivity index (χ3v) is 0.678. The molecule has 0 saturated carbocycles. The molecule has 1 N–H and O–H groups in total. The summed E-state index contributed by atoms with van der Waals surface area (Å²) in [4.78, 5) is 19.8. The smallest absolute Gasteiger partial charge is 0.337 e. The molecule has 0 rings (SSSR count). The highest BCUT2D eigenvalue weighted by Gasteiger charge is 2.08. The first-order valence-electron chi connectivity index (χ1n) is 2.58. The van der Waals surface area contributed by atoms with Gasteiger partial charge in [0.2, 0.25) is 6.79 Å². The molecule has 0 aliphatic rings. The lowest BCUT2D eigenvalue weighted by atomic mass is 10.4. The number of hydrogen-bond donors (Lipinski definition) is 1. The van der Waals surface area contributed by atoms with E-state index in [-0.39, 0.29) is 6.47 Å². The molecule has 0 bridgehead atoms. The van der Waals surface area contributed by atoms with E-state index in [1.54, 1.807) is 0 Å². The van der Waals surface area contributed by atoms with Gasteiger partial charge in [0.1, 0.15) is 6.10 Å². The van der Waals surface area contributed by atoms with Crippen LogP contribution in [0.5, 0.6) is 0 Å². The molecule has 58 valence electrons. The van der Waals surface area contributed by atoms with Gasteiger partial charge in [0.05, 0.1) is 0 Å². The number of carbonyl (C=O) groups excluding carboxylic acids is 2. The lowest BCUT2D eigenvalue weighted by Gasteiger charge is -2.03. The summed E-state index contributed by atoms with van der Waals surface area (Å²) in [6, 6.07) is 0. The number of aliphatic hydroxyl groups excluding tert-OH is 1. The standard InChI is InChI=1S/C5H8O5/c1-4(7)5(8)10-3-9-2-6/h2,4,7H,3H2,1H3/t4-/m0/s1. The minimum absolute atomic E-state index is 0.148. The van der Waals surface area contributed by atoms with Crippen LogP contribution in [0.1, 0.15) is 6.92 Å². The number of ether oxygens (including phenoxy) is 2. The van der Waals surface area contributed by atoms with E-state index in [0.717, 1.165) is 0 Å². The van der Waals surface area contributed by atoms with Crippen molar-refractivity contribution in [2.45, 2.75) is 13.0 Å². The van der Waals surface area contributed by atoms with Crippen molar-refractivity contribution in [1.29, 1.82) is 0 Å². The zero-order valence-electron chi connectivity index (χ0n) is 5.44. The molecule has 0 amide bonds. The highest BCUT2D eigenvalue weighted by atomic mass is 16.7. The molecule has 0 aromatic heterocycles. The fourth-order valence-electron chi connectivity index (χ4n) is 0.240. The van der Waals surface area contributed by atoms with Crippen LogP contribution in [0, 0.1) is 0 Å². The van der Waals surface area contributed by atoms with Gasteiger partial charge in [0, 0.05) is 0 Å². The number of carbonyl (C=O) groups is 2. The Hall–Kier alpha value is -1.10. The molecule has 0 fully saturated rings. The summed E-state index contributed by atoms with van der Waals surface area (Å²) in [7, 11) is 0.